The van der Waals surface area contributed by atoms with Gasteiger partial charge in [-0.1, -0.05) is 0 Å². The highest BCUT2D eigenvalue weighted by atomic mass is 32.2. The molecule has 12 heavy (non-hydrogen) atoms. The minimum atomic E-state index is -0.00769. The van der Waals surface area contributed by atoms with E-state index >= 15 is 0 Å². The van der Waals surface area contributed by atoms with Gasteiger partial charge in [-0.2, -0.15) is 0 Å². The zero-order chi connectivity index (χ0) is 8.55. The SMILES string of the molecule is NC1CCSC2=C1C=C(F)CC2. The number of rotatable bonds is 0. The Morgan fingerprint density at radius 2 is 2.33 bits per heavy atom. The van der Waals surface area contributed by atoms with Gasteiger partial charge in [0.1, 0.15) is 5.83 Å². The van der Waals surface area contributed by atoms with Crippen LogP contribution in [0.3, 0.4) is 0 Å². The van der Waals surface area contributed by atoms with Crippen LogP contribution >= 0.6 is 11.8 Å². The van der Waals surface area contributed by atoms with Crippen molar-refractivity contribution in [2.75, 3.05) is 5.75 Å². The van der Waals surface area contributed by atoms with E-state index in [1.165, 1.54) is 4.91 Å². The first-order valence-electron chi connectivity index (χ1n) is 4.25. The van der Waals surface area contributed by atoms with E-state index in [0.717, 1.165) is 24.2 Å². The lowest BCUT2D eigenvalue weighted by Crippen LogP contribution is -2.27. The molecule has 1 nitrogen and oxygen atoms in total. The summed E-state index contributed by atoms with van der Waals surface area (Å²) in [6, 6.07) is 0.0762. The molecule has 0 saturated carbocycles. The molecule has 0 amide bonds. The van der Waals surface area contributed by atoms with E-state index in [-0.39, 0.29) is 11.9 Å². The Morgan fingerprint density at radius 3 is 3.17 bits per heavy atom. The molecule has 2 rings (SSSR count). The molecule has 2 N–H and O–H groups in total. The van der Waals surface area contributed by atoms with Crippen LogP contribution in [0.25, 0.3) is 0 Å². The number of hydrogen-bond donors (Lipinski definition) is 1. The van der Waals surface area contributed by atoms with Crippen molar-refractivity contribution in [2.24, 2.45) is 5.73 Å². The van der Waals surface area contributed by atoms with Gasteiger partial charge < -0.3 is 5.73 Å². The third-order valence-electron chi connectivity index (χ3n) is 2.33. The largest absolute Gasteiger partial charge is 0.324 e. The maximum atomic E-state index is 12.9. The average molecular weight is 185 g/mol. The van der Waals surface area contributed by atoms with Crippen molar-refractivity contribution in [3.63, 3.8) is 0 Å². The van der Waals surface area contributed by atoms with Gasteiger partial charge in [-0.15, -0.1) is 11.8 Å². The molecule has 1 heterocycles. The van der Waals surface area contributed by atoms with Crippen LogP contribution in [0.4, 0.5) is 4.39 Å². The van der Waals surface area contributed by atoms with Crippen molar-refractivity contribution in [2.45, 2.75) is 25.3 Å². The molecular weight excluding hydrogens is 173 g/mol. The molecule has 1 unspecified atom stereocenters. The predicted molar refractivity (Wildman–Crippen MR) is 50.5 cm³/mol. The highest BCUT2D eigenvalue weighted by molar-refractivity contribution is 8.03. The van der Waals surface area contributed by atoms with Crippen molar-refractivity contribution >= 4 is 11.8 Å². The number of thioether (sulfide) groups is 1. The molecule has 0 fully saturated rings. The van der Waals surface area contributed by atoms with E-state index in [0.29, 0.717) is 6.42 Å². The molecular formula is C9H12FNS. The van der Waals surface area contributed by atoms with Crippen LogP contribution in [0.5, 0.6) is 0 Å². The van der Waals surface area contributed by atoms with Gasteiger partial charge in [-0.3, -0.25) is 0 Å². The van der Waals surface area contributed by atoms with Gasteiger partial charge in [0.25, 0.3) is 0 Å². The summed E-state index contributed by atoms with van der Waals surface area (Å²) in [5.41, 5.74) is 6.92. The van der Waals surface area contributed by atoms with Gasteiger partial charge in [-0.25, -0.2) is 4.39 Å². The molecule has 1 aliphatic heterocycles. The summed E-state index contributed by atoms with van der Waals surface area (Å²) in [7, 11) is 0. The fourth-order valence-corrected chi connectivity index (χ4v) is 2.87. The summed E-state index contributed by atoms with van der Waals surface area (Å²) >= 11 is 1.84. The van der Waals surface area contributed by atoms with E-state index in [9.17, 15) is 4.39 Å². The number of hydrogen-bond acceptors (Lipinski definition) is 2. The molecule has 0 spiro atoms. The van der Waals surface area contributed by atoms with Gasteiger partial charge in [0, 0.05) is 12.5 Å². The predicted octanol–water partition coefficient (Wildman–Crippen LogP) is 2.35. The Morgan fingerprint density at radius 1 is 1.50 bits per heavy atom. The second-order valence-corrected chi connectivity index (χ2v) is 4.40. The first-order valence-corrected chi connectivity index (χ1v) is 5.23. The Balaban J connectivity index is 2.31. The fourth-order valence-electron chi connectivity index (χ4n) is 1.63. The molecule has 1 aliphatic carbocycles. The second kappa shape index (κ2) is 3.23. The van der Waals surface area contributed by atoms with Crippen molar-refractivity contribution in [3.8, 4) is 0 Å². The molecule has 1 atom stereocenters. The average Bonchev–Trinajstić information content (AvgIpc) is 2.07. The van der Waals surface area contributed by atoms with Crippen molar-refractivity contribution in [1.82, 2.24) is 0 Å². The van der Waals surface area contributed by atoms with Crippen LogP contribution in [0.1, 0.15) is 19.3 Å². The quantitative estimate of drug-likeness (QED) is 0.627. The number of allylic oxidation sites excluding steroid dienone is 2. The normalized spacial score (nSPS) is 29.8. The smallest absolute Gasteiger partial charge is 0.101 e. The van der Waals surface area contributed by atoms with E-state index in [4.69, 9.17) is 5.73 Å². The molecule has 2 aliphatic rings. The zero-order valence-electron chi connectivity index (χ0n) is 6.85. The minimum absolute atomic E-state index is 0.00769. The molecule has 0 saturated heterocycles. The van der Waals surface area contributed by atoms with Gasteiger partial charge in [0.2, 0.25) is 0 Å². The van der Waals surface area contributed by atoms with E-state index in [1.807, 2.05) is 11.8 Å². The van der Waals surface area contributed by atoms with E-state index < -0.39 is 0 Å². The summed E-state index contributed by atoms with van der Waals surface area (Å²) in [5, 5.41) is 0. The molecule has 0 aromatic carbocycles. The van der Waals surface area contributed by atoms with Crippen molar-refractivity contribution in [1.29, 1.82) is 0 Å². The third kappa shape index (κ3) is 1.43. The highest BCUT2D eigenvalue weighted by Crippen LogP contribution is 2.37. The first kappa shape index (κ1) is 8.32. The molecule has 0 aromatic heterocycles. The van der Waals surface area contributed by atoms with Crippen LogP contribution in [0.2, 0.25) is 0 Å². The fraction of sp³-hybridized carbons (Fsp3) is 0.556. The second-order valence-electron chi connectivity index (χ2n) is 3.21. The summed E-state index contributed by atoms with van der Waals surface area (Å²) in [6.07, 6.45) is 4.04. The Hall–Kier alpha value is -0.280. The van der Waals surface area contributed by atoms with Crippen molar-refractivity contribution in [3.05, 3.63) is 22.4 Å². The maximum Gasteiger partial charge on any atom is 0.101 e. The van der Waals surface area contributed by atoms with E-state index in [1.54, 1.807) is 6.08 Å². The highest BCUT2D eigenvalue weighted by Gasteiger charge is 2.22. The lowest BCUT2D eigenvalue weighted by Gasteiger charge is -2.26. The summed E-state index contributed by atoms with van der Waals surface area (Å²) in [6.45, 7) is 0. The van der Waals surface area contributed by atoms with E-state index in [2.05, 4.69) is 0 Å². The minimum Gasteiger partial charge on any atom is -0.324 e. The molecule has 0 bridgehead atoms. The first-order chi connectivity index (χ1) is 5.77. The van der Waals surface area contributed by atoms with Crippen molar-refractivity contribution < 1.29 is 4.39 Å². The summed E-state index contributed by atoms with van der Waals surface area (Å²) < 4.78 is 12.9. The van der Waals surface area contributed by atoms with Gasteiger partial charge in [0.05, 0.1) is 0 Å². The molecule has 0 aromatic rings. The molecule has 3 heteroatoms. The molecule has 0 radical (unpaired) electrons. The van der Waals surface area contributed by atoms with Gasteiger partial charge >= 0.3 is 0 Å². The standard InChI is InChI=1S/C9H12FNS/c10-6-1-2-9-7(5-6)8(11)3-4-12-9/h5,8H,1-4,11H2. The number of halogens is 1. The van der Waals surface area contributed by atoms with Gasteiger partial charge in [0.15, 0.2) is 0 Å². The Kier molecular flexibility index (Phi) is 2.24. The van der Waals surface area contributed by atoms with Crippen LogP contribution in [0, 0.1) is 0 Å². The third-order valence-corrected chi connectivity index (χ3v) is 3.56. The lowest BCUT2D eigenvalue weighted by molar-refractivity contribution is 0.575. The Bertz CT molecular complexity index is 257. The lowest BCUT2D eigenvalue weighted by atomic mass is 9.98. The van der Waals surface area contributed by atoms with Crippen LogP contribution in [0.15, 0.2) is 22.4 Å². The zero-order valence-corrected chi connectivity index (χ0v) is 7.66. The van der Waals surface area contributed by atoms with Crippen LogP contribution in [-0.2, 0) is 0 Å². The summed E-state index contributed by atoms with van der Waals surface area (Å²) in [4.78, 5) is 1.31. The van der Waals surface area contributed by atoms with Gasteiger partial charge in [-0.05, 0) is 35.1 Å². The topological polar surface area (TPSA) is 26.0 Å². The monoisotopic (exact) mass is 185 g/mol. The van der Waals surface area contributed by atoms with Crippen LogP contribution in [-0.4, -0.2) is 11.8 Å². The number of nitrogens with two attached hydrogens (primary N) is 1. The Labute approximate surface area is 75.9 Å². The van der Waals surface area contributed by atoms with Crippen LogP contribution < -0.4 is 5.73 Å². The maximum absolute atomic E-state index is 12.9. The molecule has 66 valence electrons. The summed E-state index contributed by atoms with van der Waals surface area (Å²) in [5.74, 6) is 1.09.